The SMILES string of the molecule is CCc1csc2cccc(F)c12. The van der Waals surface area contributed by atoms with Crippen molar-refractivity contribution in [3.05, 3.63) is 35.0 Å². The standard InChI is InChI=1S/C10H9FS/c1-2-7-6-12-9-5-3-4-8(11)10(7)9/h3-6H,2H2,1H3. The van der Waals surface area contributed by atoms with Crippen molar-refractivity contribution in [1.82, 2.24) is 0 Å². The van der Waals surface area contributed by atoms with E-state index in [1.807, 2.05) is 18.4 Å². The zero-order valence-electron chi connectivity index (χ0n) is 6.80. The molecule has 0 fully saturated rings. The first-order chi connectivity index (χ1) is 5.83. The molecule has 1 aromatic heterocycles. The number of fused-ring (bicyclic) bond motifs is 1. The quantitative estimate of drug-likeness (QED) is 0.629. The Kier molecular flexibility index (Phi) is 1.85. The lowest BCUT2D eigenvalue weighted by atomic mass is 10.1. The van der Waals surface area contributed by atoms with Crippen molar-refractivity contribution in [2.45, 2.75) is 13.3 Å². The fraction of sp³-hybridized carbons (Fsp3) is 0.200. The maximum atomic E-state index is 13.3. The minimum absolute atomic E-state index is 0.0920. The number of thiophene rings is 1. The van der Waals surface area contributed by atoms with Crippen LogP contribution in [0.4, 0.5) is 4.39 Å². The lowest BCUT2D eigenvalue weighted by Crippen LogP contribution is -1.79. The van der Waals surface area contributed by atoms with Gasteiger partial charge in [-0.15, -0.1) is 11.3 Å². The molecule has 0 unspecified atom stereocenters. The van der Waals surface area contributed by atoms with Crippen LogP contribution >= 0.6 is 11.3 Å². The molecule has 2 rings (SSSR count). The highest BCUT2D eigenvalue weighted by Gasteiger charge is 2.05. The second kappa shape index (κ2) is 2.87. The summed E-state index contributed by atoms with van der Waals surface area (Å²) in [7, 11) is 0. The molecule has 62 valence electrons. The van der Waals surface area contributed by atoms with Gasteiger partial charge in [-0.2, -0.15) is 0 Å². The van der Waals surface area contributed by atoms with E-state index in [2.05, 4.69) is 0 Å². The Labute approximate surface area is 74.6 Å². The largest absolute Gasteiger partial charge is 0.206 e. The highest BCUT2D eigenvalue weighted by atomic mass is 32.1. The maximum Gasteiger partial charge on any atom is 0.132 e. The van der Waals surface area contributed by atoms with Gasteiger partial charge in [0.15, 0.2) is 0 Å². The van der Waals surface area contributed by atoms with E-state index in [0.717, 1.165) is 22.1 Å². The molecular weight excluding hydrogens is 171 g/mol. The summed E-state index contributed by atoms with van der Waals surface area (Å²) >= 11 is 1.61. The van der Waals surface area contributed by atoms with Gasteiger partial charge in [-0.05, 0) is 29.5 Å². The van der Waals surface area contributed by atoms with Gasteiger partial charge >= 0.3 is 0 Å². The van der Waals surface area contributed by atoms with E-state index in [4.69, 9.17) is 0 Å². The zero-order chi connectivity index (χ0) is 8.55. The number of hydrogen-bond donors (Lipinski definition) is 0. The van der Waals surface area contributed by atoms with Crippen LogP contribution in [0.25, 0.3) is 10.1 Å². The number of halogens is 1. The van der Waals surface area contributed by atoms with Crippen molar-refractivity contribution in [1.29, 1.82) is 0 Å². The predicted octanol–water partition coefficient (Wildman–Crippen LogP) is 3.60. The minimum atomic E-state index is -0.0920. The third-order valence-corrected chi connectivity index (χ3v) is 3.00. The fourth-order valence-electron chi connectivity index (χ4n) is 1.37. The molecule has 2 aromatic rings. The second-order valence-electron chi connectivity index (χ2n) is 2.73. The van der Waals surface area contributed by atoms with Gasteiger partial charge in [0.1, 0.15) is 5.82 Å². The van der Waals surface area contributed by atoms with Gasteiger partial charge in [0.25, 0.3) is 0 Å². The molecule has 0 saturated carbocycles. The molecule has 0 aliphatic rings. The van der Waals surface area contributed by atoms with Crippen molar-refractivity contribution in [2.75, 3.05) is 0 Å². The molecule has 0 spiro atoms. The van der Waals surface area contributed by atoms with Crippen molar-refractivity contribution < 1.29 is 4.39 Å². The van der Waals surface area contributed by atoms with Gasteiger partial charge in [0.2, 0.25) is 0 Å². The van der Waals surface area contributed by atoms with Crippen LogP contribution in [-0.2, 0) is 6.42 Å². The van der Waals surface area contributed by atoms with Crippen molar-refractivity contribution in [2.24, 2.45) is 0 Å². The summed E-state index contributed by atoms with van der Waals surface area (Å²) in [6, 6.07) is 5.24. The van der Waals surface area contributed by atoms with E-state index in [0.29, 0.717) is 0 Å². The van der Waals surface area contributed by atoms with Gasteiger partial charge < -0.3 is 0 Å². The smallest absolute Gasteiger partial charge is 0.132 e. The average Bonchev–Trinajstić information content (AvgIpc) is 2.49. The van der Waals surface area contributed by atoms with Crippen LogP contribution in [0.5, 0.6) is 0 Å². The lowest BCUT2D eigenvalue weighted by molar-refractivity contribution is 0.639. The van der Waals surface area contributed by atoms with E-state index < -0.39 is 0 Å². The van der Waals surface area contributed by atoms with Gasteiger partial charge in [0, 0.05) is 10.1 Å². The van der Waals surface area contributed by atoms with Crippen LogP contribution in [-0.4, -0.2) is 0 Å². The first kappa shape index (κ1) is 7.74. The molecule has 2 heteroatoms. The van der Waals surface area contributed by atoms with Crippen LogP contribution in [0, 0.1) is 5.82 Å². The van der Waals surface area contributed by atoms with Crippen LogP contribution < -0.4 is 0 Å². The molecule has 0 saturated heterocycles. The average molecular weight is 180 g/mol. The Morgan fingerprint density at radius 3 is 3.00 bits per heavy atom. The van der Waals surface area contributed by atoms with Crippen LogP contribution in [0.3, 0.4) is 0 Å². The number of hydrogen-bond acceptors (Lipinski definition) is 1. The van der Waals surface area contributed by atoms with E-state index in [1.165, 1.54) is 6.07 Å². The molecular formula is C10H9FS. The van der Waals surface area contributed by atoms with Crippen molar-refractivity contribution in [3.63, 3.8) is 0 Å². The van der Waals surface area contributed by atoms with Gasteiger partial charge in [-0.3, -0.25) is 0 Å². The highest BCUT2D eigenvalue weighted by Crippen LogP contribution is 2.28. The summed E-state index contributed by atoms with van der Waals surface area (Å²) in [6.45, 7) is 2.05. The monoisotopic (exact) mass is 180 g/mol. The Morgan fingerprint density at radius 2 is 2.25 bits per heavy atom. The fourth-order valence-corrected chi connectivity index (χ4v) is 2.43. The lowest BCUT2D eigenvalue weighted by Gasteiger charge is -1.94. The normalized spacial score (nSPS) is 10.8. The Hall–Kier alpha value is -0.890. The molecule has 1 heterocycles. The first-order valence-corrected chi connectivity index (χ1v) is 4.85. The Morgan fingerprint density at radius 1 is 1.42 bits per heavy atom. The Balaban J connectivity index is 2.83. The number of aryl methyl sites for hydroxylation is 1. The molecule has 0 amide bonds. The van der Waals surface area contributed by atoms with E-state index in [1.54, 1.807) is 17.4 Å². The molecule has 0 atom stereocenters. The molecule has 1 aromatic carbocycles. The van der Waals surface area contributed by atoms with E-state index >= 15 is 0 Å². The molecule has 0 radical (unpaired) electrons. The van der Waals surface area contributed by atoms with Gasteiger partial charge in [-0.1, -0.05) is 13.0 Å². The number of rotatable bonds is 1. The van der Waals surface area contributed by atoms with Crippen molar-refractivity contribution >= 4 is 21.4 Å². The maximum absolute atomic E-state index is 13.3. The predicted molar refractivity (Wildman–Crippen MR) is 51.2 cm³/mol. The first-order valence-electron chi connectivity index (χ1n) is 3.97. The molecule has 12 heavy (non-hydrogen) atoms. The number of benzene rings is 1. The van der Waals surface area contributed by atoms with Crippen molar-refractivity contribution in [3.8, 4) is 0 Å². The third kappa shape index (κ3) is 1.03. The summed E-state index contributed by atoms with van der Waals surface area (Å²) in [5.74, 6) is -0.0920. The topological polar surface area (TPSA) is 0 Å². The van der Waals surface area contributed by atoms with Crippen LogP contribution in [0.15, 0.2) is 23.6 Å². The zero-order valence-corrected chi connectivity index (χ0v) is 7.62. The molecule has 0 nitrogen and oxygen atoms in total. The van der Waals surface area contributed by atoms with E-state index in [-0.39, 0.29) is 5.82 Å². The third-order valence-electron chi connectivity index (χ3n) is 2.01. The van der Waals surface area contributed by atoms with Gasteiger partial charge in [-0.25, -0.2) is 4.39 Å². The summed E-state index contributed by atoms with van der Waals surface area (Å²) in [6.07, 6.45) is 0.904. The van der Waals surface area contributed by atoms with Gasteiger partial charge in [0.05, 0.1) is 0 Å². The summed E-state index contributed by atoms with van der Waals surface area (Å²) in [4.78, 5) is 0. The molecule has 0 N–H and O–H groups in total. The second-order valence-corrected chi connectivity index (χ2v) is 3.64. The highest BCUT2D eigenvalue weighted by molar-refractivity contribution is 7.17. The summed E-state index contributed by atoms with van der Waals surface area (Å²) in [5, 5.41) is 2.85. The van der Waals surface area contributed by atoms with E-state index in [9.17, 15) is 4.39 Å². The Bertz CT molecular complexity index is 403. The van der Waals surface area contributed by atoms with Crippen LogP contribution in [0.2, 0.25) is 0 Å². The summed E-state index contributed by atoms with van der Waals surface area (Å²) < 4.78 is 14.3. The molecule has 0 bridgehead atoms. The van der Waals surface area contributed by atoms with Crippen LogP contribution in [0.1, 0.15) is 12.5 Å². The minimum Gasteiger partial charge on any atom is -0.206 e. The molecule has 0 aliphatic carbocycles. The summed E-state index contributed by atoms with van der Waals surface area (Å²) in [5.41, 5.74) is 1.12. The molecule has 0 aliphatic heterocycles.